The minimum Gasteiger partial charge on any atom is -0.341 e. The van der Waals surface area contributed by atoms with Gasteiger partial charge in [0.1, 0.15) is 6.54 Å². The number of halogens is 1. The van der Waals surface area contributed by atoms with Crippen LogP contribution in [0.1, 0.15) is 20.3 Å². The summed E-state index contributed by atoms with van der Waals surface area (Å²) >= 11 is 5.79. The number of carbonyl (C=O) groups excluding carboxylic acids is 2. The average Bonchev–Trinajstić information content (AvgIpc) is 2.71. The lowest BCUT2D eigenvalue weighted by atomic mass is 10.2. The zero-order valence-electron chi connectivity index (χ0n) is 12.5. The van der Waals surface area contributed by atoms with Crippen LogP contribution in [0.3, 0.4) is 0 Å². The smallest absolute Gasteiger partial charge is 0.244 e. The van der Waals surface area contributed by atoms with Crippen LogP contribution in [0.4, 0.5) is 0 Å². The van der Waals surface area contributed by atoms with Crippen LogP contribution in [-0.2, 0) is 16.1 Å². The van der Waals surface area contributed by atoms with Crippen LogP contribution in [0.15, 0.2) is 12.4 Å². The molecule has 21 heavy (non-hydrogen) atoms. The first-order chi connectivity index (χ1) is 9.97. The number of hydrogen-bond donors (Lipinski definition) is 0. The van der Waals surface area contributed by atoms with E-state index in [9.17, 15) is 9.59 Å². The molecule has 7 heteroatoms. The Morgan fingerprint density at radius 1 is 1.24 bits per heavy atom. The van der Waals surface area contributed by atoms with Crippen molar-refractivity contribution in [3.05, 3.63) is 17.4 Å². The predicted molar refractivity (Wildman–Crippen MR) is 79.9 cm³/mol. The average molecular weight is 313 g/mol. The summed E-state index contributed by atoms with van der Waals surface area (Å²) in [6.07, 6.45) is 3.95. The molecule has 1 fully saturated rings. The van der Waals surface area contributed by atoms with E-state index in [0.717, 1.165) is 6.42 Å². The van der Waals surface area contributed by atoms with Crippen molar-refractivity contribution in [2.24, 2.45) is 5.92 Å². The van der Waals surface area contributed by atoms with Gasteiger partial charge in [-0.05, 0) is 6.42 Å². The molecule has 1 aromatic rings. The quantitative estimate of drug-likeness (QED) is 0.844. The van der Waals surface area contributed by atoms with E-state index in [0.29, 0.717) is 31.2 Å². The van der Waals surface area contributed by atoms with Crippen LogP contribution in [-0.4, -0.2) is 57.6 Å². The molecule has 0 N–H and O–H groups in total. The molecular weight excluding hydrogens is 292 g/mol. The SMILES string of the molecule is CC(C)C(=O)N1CCCN(C(=O)Cn2cc(Cl)cn2)CC1. The highest BCUT2D eigenvalue weighted by Gasteiger charge is 2.23. The molecule has 0 saturated carbocycles. The van der Waals surface area contributed by atoms with Gasteiger partial charge in [0.25, 0.3) is 0 Å². The highest BCUT2D eigenvalue weighted by Crippen LogP contribution is 2.09. The normalized spacial score (nSPS) is 16.2. The summed E-state index contributed by atoms with van der Waals surface area (Å²) in [4.78, 5) is 27.9. The van der Waals surface area contributed by atoms with Gasteiger partial charge < -0.3 is 9.80 Å². The Morgan fingerprint density at radius 3 is 2.52 bits per heavy atom. The van der Waals surface area contributed by atoms with Gasteiger partial charge in [-0.3, -0.25) is 14.3 Å². The van der Waals surface area contributed by atoms with Crippen LogP contribution in [0.5, 0.6) is 0 Å². The van der Waals surface area contributed by atoms with E-state index in [4.69, 9.17) is 11.6 Å². The summed E-state index contributed by atoms with van der Waals surface area (Å²) in [5.74, 6) is 0.162. The van der Waals surface area contributed by atoms with Gasteiger partial charge in [-0.1, -0.05) is 25.4 Å². The summed E-state index contributed by atoms with van der Waals surface area (Å²) in [5.41, 5.74) is 0. The molecule has 2 rings (SSSR count). The van der Waals surface area contributed by atoms with Crippen molar-refractivity contribution < 1.29 is 9.59 Å². The third-order valence-electron chi connectivity index (χ3n) is 3.55. The van der Waals surface area contributed by atoms with Gasteiger partial charge in [0, 0.05) is 38.3 Å². The molecule has 116 valence electrons. The molecule has 1 aromatic heterocycles. The van der Waals surface area contributed by atoms with Crippen molar-refractivity contribution in [1.82, 2.24) is 19.6 Å². The van der Waals surface area contributed by atoms with Crippen molar-refractivity contribution in [2.75, 3.05) is 26.2 Å². The molecule has 1 aliphatic heterocycles. The Kier molecular flexibility index (Phi) is 5.22. The van der Waals surface area contributed by atoms with Crippen LogP contribution in [0.25, 0.3) is 0 Å². The van der Waals surface area contributed by atoms with E-state index in [1.54, 1.807) is 11.1 Å². The van der Waals surface area contributed by atoms with Gasteiger partial charge >= 0.3 is 0 Å². The predicted octanol–water partition coefficient (Wildman–Crippen LogP) is 1.25. The fourth-order valence-electron chi connectivity index (χ4n) is 2.42. The fraction of sp³-hybridized carbons (Fsp3) is 0.643. The molecule has 0 bridgehead atoms. The molecule has 1 saturated heterocycles. The van der Waals surface area contributed by atoms with E-state index < -0.39 is 0 Å². The second kappa shape index (κ2) is 6.93. The second-order valence-electron chi connectivity index (χ2n) is 5.57. The Hall–Kier alpha value is -1.56. The van der Waals surface area contributed by atoms with E-state index >= 15 is 0 Å². The summed E-state index contributed by atoms with van der Waals surface area (Å²) < 4.78 is 1.53. The number of rotatable bonds is 3. The fourth-order valence-corrected chi connectivity index (χ4v) is 2.57. The van der Waals surface area contributed by atoms with Crippen molar-refractivity contribution in [2.45, 2.75) is 26.8 Å². The summed E-state index contributed by atoms with van der Waals surface area (Å²) in [6, 6.07) is 0. The molecule has 0 radical (unpaired) electrons. The first-order valence-corrected chi connectivity index (χ1v) is 7.59. The minimum absolute atomic E-state index is 0.00142. The molecule has 2 amide bonds. The zero-order chi connectivity index (χ0) is 15.4. The first-order valence-electron chi connectivity index (χ1n) is 7.22. The van der Waals surface area contributed by atoms with Gasteiger partial charge in [-0.2, -0.15) is 5.10 Å². The maximum Gasteiger partial charge on any atom is 0.244 e. The van der Waals surface area contributed by atoms with Crippen molar-refractivity contribution in [3.63, 3.8) is 0 Å². The van der Waals surface area contributed by atoms with E-state index in [1.165, 1.54) is 10.9 Å². The van der Waals surface area contributed by atoms with E-state index in [-0.39, 0.29) is 24.3 Å². The van der Waals surface area contributed by atoms with Gasteiger partial charge in [0.15, 0.2) is 0 Å². The number of aromatic nitrogens is 2. The van der Waals surface area contributed by atoms with Crippen LogP contribution in [0, 0.1) is 5.92 Å². The van der Waals surface area contributed by atoms with Crippen LogP contribution < -0.4 is 0 Å². The Labute approximate surface area is 129 Å². The first kappa shape index (κ1) is 15.8. The topological polar surface area (TPSA) is 58.4 Å². The molecule has 0 unspecified atom stereocenters. The Balaban J connectivity index is 1.90. The number of hydrogen-bond acceptors (Lipinski definition) is 3. The molecule has 0 atom stereocenters. The summed E-state index contributed by atoms with van der Waals surface area (Å²) in [6.45, 7) is 6.55. The van der Waals surface area contributed by atoms with Crippen molar-refractivity contribution >= 4 is 23.4 Å². The Morgan fingerprint density at radius 2 is 1.90 bits per heavy atom. The van der Waals surface area contributed by atoms with E-state index in [1.807, 2.05) is 18.7 Å². The highest BCUT2D eigenvalue weighted by atomic mass is 35.5. The van der Waals surface area contributed by atoms with Gasteiger partial charge in [-0.25, -0.2) is 0 Å². The molecule has 0 aromatic carbocycles. The summed E-state index contributed by atoms with van der Waals surface area (Å²) in [7, 11) is 0. The Bertz CT molecular complexity index is 515. The third kappa shape index (κ3) is 4.20. The largest absolute Gasteiger partial charge is 0.341 e. The summed E-state index contributed by atoms with van der Waals surface area (Å²) in [5, 5.41) is 4.53. The van der Waals surface area contributed by atoms with Gasteiger partial charge in [0.05, 0.1) is 11.2 Å². The maximum absolute atomic E-state index is 12.3. The lowest BCUT2D eigenvalue weighted by molar-refractivity contribution is -0.135. The number of nitrogens with zero attached hydrogens (tertiary/aromatic N) is 4. The standard InChI is InChI=1S/C14H21ClN4O2/c1-11(2)14(21)18-5-3-4-17(6-7-18)13(20)10-19-9-12(15)8-16-19/h8-9,11H,3-7,10H2,1-2H3. The molecular formula is C14H21ClN4O2. The van der Waals surface area contributed by atoms with E-state index in [2.05, 4.69) is 5.10 Å². The van der Waals surface area contributed by atoms with Crippen molar-refractivity contribution in [3.8, 4) is 0 Å². The van der Waals surface area contributed by atoms with Crippen LogP contribution >= 0.6 is 11.6 Å². The minimum atomic E-state index is -0.00142. The van der Waals surface area contributed by atoms with Gasteiger partial charge in [-0.15, -0.1) is 0 Å². The van der Waals surface area contributed by atoms with Gasteiger partial charge in [0.2, 0.25) is 11.8 Å². The number of amides is 2. The third-order valence-corrected chi connectivity index (χ3v) is 3.75. The second-order valence-corrected chi connectivity index (χ2v) is 6.01. The molecule has 0 spiro atoms. The van der Waals surface area contributed by atoms with Crippen molar-refractivity contribution in [1.29, 1.82) is 0 Å². The monoisotopic (exact) mass is 312 g/mol. The maximum atomic E-state index is 12.3. The zero-order valence-corrected chi connectivity index (χ0v) is 13.2. The molecule has 6 nitrogen and oxygen atoms in total. The molecule has 2 heterocycles. The highest BCUT2D eigenvalue weighted by molar-refractivity contribution is 6.30. The number of carbonyl (C=O) groups is 2. The lowest BCUT2D eigenvalue weighted by Crippen LogP contribution is -2.39. The van der Waals surface area contributed by atoms with Crippen LogP contribution in [0.2, 0.25) is 5.02 Å². The molecule has 1 aliphatic rings. The molecule has 0 aliphatic carbocycles. The lowest BCUT2D eigenvalue weighted by Gasteiger charge is -2.23.